The first-order chi connectivity index (χ1) is 6.47. The number of allylic oxidation sites excluding steroid dienone is 2. The Morgan fingerprint density at radius 1 is 1.08 bits per heavy atom. The molecule has 2 nitrogen and oxygen atoms in total. The van der Waals surface area contributed by atoms with Gasteiger partial charge in [-0.2, -0.15) is 0 Å². The van der Waals surface area contributed by atoms with E-state index >= 15 is 0 Å². The van der Waals surface area contributed by atoms with Gasteiger partial charge in [0.15, 0.2) is 0 Å². The predicted molar refractivity (Wildman–Crippen MR) is 54.7 cm³/mol. The molecule has 2 N–H and O–H groups in total. The van der Waals surface area contributed by atoms with Crippen LogP contribution < -0.4 is 10.9 Å². The molecule has 1 heterocycles. The van der Waals surface area contributed by atoms with Crippen LogP contribution in [0.5, 0.6) is 0 Å². The molecule has 1 atom stereocenters. The summed E-state index contributed by atoms with van der Waals surface area (Å²) in [4.78, 5) is 0. The Balaban J connectivity index is 2.08. The van der Waals surface area contributed by atoms with Crippen molar-refractivity contribution in [1.82, 2.24) is 10.9 Å². The maximum atomic E-state index is 3.10. The van der Waals surface area contributed by atoms with Crippen molar-refractivity contribution in [1.29, 1.82) is 0 Å². The van der Waals surface area contributed by atoms with Gasteiger partial charge in [-0.15, -0.1) is 0 Å². The van der Waals surface area contributed by atoms with E-state index in [2.05, 4.69) is 23.1 Å². The second-order valence-electron chi connectivity index (χ2n) is 3.93. The number of hydrogen-bond donors (Lipinski definition) is 2. The fourth-order valence-electron chi connectivity index (χ4n) is 2.16. The van der Waals surface area contributed by atoms with Crippen LogP contribution in [0.4, 0.5) is 0 Å². The average molecular weight is 178 g/mol. The van der Waals surface area contributed by atoms with Crippen molar-refractivity contribution in [2.45, 2.75) is 38.5 Å². The first kappa shape index (κ1) is 8.67. The highest BCUT2D eigenvalue weighted by Gasteiger charge is 2.14. The third-order valence-corrected chi connectivity index (χ3v) is 2.96. The van der Waals surface area contributed by atoms with Gasteiger partial charge in [0.1, 0.15) is 0 Å². The maximum absolute atomic E-state index is 3.10. The van der Waals surface area contributed by atoms with Crippen LogP contribution in [0.2, 0.25) is 0 Å². The smallest absolute Gasteiger partial charge is 0.0175 e. The minimum absolute atomic E-state index is 0.683. The standard InChI is InChI=1S/C11H18N2/c1-2-4-6-11-9-13-12-8-7-10(11)5-3-1/h7-10,12-13H,1-6H2. The molecular weight excluding hydrogens is 160 g/mol. The lowest BCUT2D eigenvalue weighted by Crippen LogP contribution is -2.19. The van der Waals surface area contributed by atoms with E-state index in [1.165, 1.54) is 38.5 Å². The molecular formula is C11H18N2. The Kier molecular flexibility index (Phi) is 2.90. The van der Waals surface area contributed by atoms with Crippen LogP contribution in [-0.2, 0) is 0 Å². The van der Waals surface area contributed by atoms with Crippen molar-refractivity contribution in [2.24, 2.45) is 5.92 Å². The monoisotopic (exact) mass is 178 g/mol. The summed E-state index contributed by atoms with van der Waals surface area (Å²) in [7, 11) is 0. The van der Waals surface area contributed by atoms with Gasteiger partial charge < -0.3 is 10.9 Å². The number of fused-ring (bicyclic) bond motifs is 1. The third kappa shape index (κ3) is 2.27. The Morgan fingerprint density at radius 2 is 2.00 bits per heavy atom. The quantitative estimate of drug-likeness (QED) is 0.595. The SMILES string of the molecule is C1=CC2CCCCCCC2=CNN1. The zero-order valence-electron chi connectivity index (χ0n) is 8.05. The third-order valence-electron chi connectivity index (χ3n) is 2.96. The Bertz CT molecular complexity index is 218. The summed E-state index contributed by atoms with van der Waals surface area (Å²) in [5.74, 6) is 0.683. The molecule has 0 aromatic heterocycles. The number of nitrogens with one attached hydrogen (secondary N) is 2. The van der Waals surface area contributed by atoms with Crippen molar-refractivity contribution in [3.8, 4) is 0 Å². The van der Waals surface area contributed by atoms with Gasteiger partial charge in [-0.05, 0) is 24.8 Å². The van der Waals surface area contributed by atoms with Crippen LogP contribution in [0, 0.1) is 5.92 Å². The molecule has 1 aliphatic heterocycles. The van der Waals surface area contributed by atoms with Crippen molar-refractivity contribution in [2.75, 3.05) is 0 Å². The van der Waals surface area contributed by atoms with E-state index in [-0.39, 0.29) is 0 Å². The minimum Gasteiger partial charge on any atom is -0.309 e. The Hall–Kier alpha value is -0.920. The largest absolute Gasteiger partial charge is 0.309 e. The Labute approximate surface area is 80.1 Å². The lowest BCUT2D eigenvalue weighted by molar-refractivity contribution is 0.513. The van der Waals surface area contributed by atoms with Gasteiger partial charge in [0, 0.05) is 18.3 Å². The second kappa shape index (κ2) is 4.35. The topological polar surface area (TPSA) is 24.1 Å². The predicted octanol–water partition coefficient (Wildman–Crippen LogP) is 2.46. The summed E-state index contributed by atoms with van der Waals surface area (Å²) < 4.78 is 0. The molecule has 2 heteroatoms. The van der Waals surface area contributed by atoms with E-state index in [0.717, 1.165) is 0 Å². The van der Waals surface area contributed by atoms with Crippen molar-refractivity contribution in [3.63, 3.8) is 0 Å². The second-order valence-corrected chi connectivity index (χ2v) is 3.93. The van der Waals surface area contributed by atoms with E-state index in [4.69, 9.17) is 0 Å². The van der Waals surface area contributed by atoms with Crippen LogP contribution in [0.25, 0.3) is 0 Å². The molecule has 1 unspecified atom stereocenters. The van der Waals surface area contributed by atoms with Crippen LogP contribution in [0.1, 0.15) is 38.5 Å². The highest BCUT2D eigenvalue weighted by Crippen LogP contribution is 2.28. The summed E-state index contributed by atoms with van der Waals surface area (Å²) in [5, 5.41) is 0. The summed E-state index contributed by atoms with van der Waals surface area (Å²) in [6, 6.07) is 0. The van der Waals surface area contributed by atoms with E-state index in [1.54, 1.807) is 5.57 Å². The minimum atomic E-state index is 0.683. The van der Waals surface area contributed by atoms with Gasteiger partial charge in [0.05, 0.1) is 0 Å². The van der Waals surface area contributed by atoms with Gasteiger partial charge in [0.25, 0.3) is 0 Å². The molecule has 13 heavy (non-hydrogen) atoms. The van der Waals surface area contributed by atoms with E-state index in [0.29, 0.717) is 5.92 Å². The molecule has 0 amide bonds. The molecule has 0 aromatic rings. The molecule has 2 aliphatic rings. The van der Waals surface area contributed by atoms with E-state index in [1.807, 2.05) is 6.20 Å². The molecule has 1 saturated carbocycles. The van der Waals surface area contributed by atoms with Crippen LogP contribution >= 0.6 is 0 Å². The Morgan fingerprint density at radius 3 is 3.00 bits per heavy atom. The molecule has 1 fully saturated rings. The summed E-state index contributed by atoms with van der Waals surface area (Å²) in [6.07, 6.45) is 14.6. The maximum Gasteiger partial charge on any atom is 0.0175 e. The summed E-state index contributed by atoms with van der Waals surface area (Å²) in [5.41, 5.74) is 7.70. The zero-order valence-corrected chi connectivity index (χ0v) is 8.05. The molecule has 72 valence electrons. The lowest BCUT2D eigenvalue weighted by atomic mass is 9.87. The first-order valence-electron chi connectivity index (χ1n) is 5.33. The molecule has 0 bridgehead atoms. The van der Waals surface area contributed by atoms with Crippen LogP contribution in [-0.4, -0.2) is 0 Å². The molecule has 2 rings (SSSR count). The van der Waals surface area contributed by atoms with E-state index < -0.39 is 0 Å². The molecule has 1 aliphatic carbocycles. The fourth-order valence-corrected chi connectivity index (χ4v) is 2.16. The zero-order chi connectivity index (χ0) is 8.93. The fraction of sp³-hybridized carbons (Fsp3) is 0.636. The highest BCUT2D eigenvalue weighted by molar-refractivity contribution is 5.15. The van der Waals surface area contributed by atoms with Crippen molar-refractivity contribution < 1.29 is 0 Å². The molecule has 0 aromatic carbocycles. The van der Waals surface area contributed by atoms with Gasteiger partial charge >= 0.3 is 0 Å². The van der Waals surface area contributed by atoms with Gasteiger partial charge in [-0.25, -0.2) is 0 Å². The normalized spacial score (nSPS) is 28.3. The number of hydrazine groups is 1. The summed E-state index contributed by atoms with van der Waals surface area (Å²) in [6.45, 7) is 0. The van der Waals surface area contributed by atoms with Gasteiger partial charge in [-0.3, -0.25) is 0 Å². The summed E-state index contributed by atoms with van der Waals surface area (Å²) >= 11 is 0. The van der Waals surface area contributed by atoms with E-state index in [9.17, 15) is 0 Å². The number of hydrogen-bond acceptors (Lipinski definition) is 2. The first-order valence-corrected chi connectivity index (χ1v) is 5.33. The molecule has 0 spiro atoms. The highest BCUT2D eigenvalue weighted by atomic mass is 15.3. The average Bonchev–Trinajstić information content (AvgIpc) is 2.30. The number of rotatable bonds is 0. The molecule has 0 saturated heterocycles. The lowest BCUT2D eigenvalue weighted by Gasteiger charge is -2.18. The van der Waals surface area contributed by atoms with Crippen LogP contribution in [0.3, 0.4) is 0 Å². The molecule has 0 radical (unpaired) electrons. The van der Waals surface area contributed by atoms with Gasteiger partial charge in [0.2, 0.25) is 0 Å². The van der Waals surface area contributed by atoms with Crippen molar-refractivity contribution >= 4 is 0 Å². The van der Waals surface area contributed by atoms with Crippen molar-refractivity contribution in [3.05, 3.63) is 24.0 Å². The van der Waals surface area contributed by atoms with Gasteiger partial charge in [-0.1, -0.05) is 25.3 Å². The van der Waals surface area contributed by atoms with Crippen LogP contribution in [0.15, 0.2) is 24.0 Å².